The van der Waals surface area contributed by atoms with Crippen LogP contribution in [0.1, 0.15) is 40.9 Å². The second-order valence-electron chi connectivity index (χ2n) is 9.45. The molecule has 0 radical (unpaired) electrons. The number of aromatic nitrogens is 1. The molecule has 1 saturated heterocycles. The van der Waals surface area contributed by atoms with E-state index >= 15 is 0 Å². The van der Waals surface area contributed by atoms with E-state index in [0.29, 0.717) is 66.5 Å². The Hall–Kier alpha value is -3.97. The molecular formula is C30H27ClFN3O3. The summed E-state index contributed by atoms with van der Waals surface area (Å²) in [6.07, 6.45) is 5.55. The summed E-state index contributed by atoms with van der Waals surface area (Å²) in [6.45, 7) is 0.886. The summed E-state index contributed by atoms with van der Waals surface area (Å²) in [6, 6.07) is 16.5. The average Bonchev–Trinajstić information content (AvgIpc) is 3.35. The van der Waals surface area contributed by atoms with Crippen molar-refractivity contribution in [3.63, 3.8) is 0 Å². The van der Waals surface area contributed by atoms with E-state index in [1.165, 1.54) is 6.08 Å². The summed E-state index contributed by atoms with van der Waals surface area (Å²) in [4.78, 5) is 30.8. The monoisotopic (exact) mass is 531 g/mol. The van der Waals surface area contributed by atoms with Gasteiger partial charge in [0, 0.05) is 43.1 Å². The van der Waals surface area contributed by atoms with E-state index in [1.807, 2.05) is 30.3 Å². The van der Waals surface area contributed by atoms with Crippen molar-refractivity contribution in [2.75, 3.05) is 18.8 Å². The number of nitrogen functional groups attached to an aromatic ring is 1. The van der Waals surface area contributed by atoms with Gasteiger partial charge in [0.2, 0.25) is 0 Å². The Bertz CT molecular complexity index is 1490. The van der Waals surface area contributed by atoms with Crippen molar-refractivity contribution in [3.8, 4) is 11.1 Å². The first-order valence-corrected chi connectivity index (χ1v) is 12.9. The molecule has 1 amide bonds. The van der Waals surface area contributed by atoms with E-state index < -0.39 is 6.17 Å². The smallest absolute Gasteiger partial charge is 0.253 e. The van der Waals surface area contributed by atoms with Gasteiger partial charge in [0.15, 0.2) is 11.4 Å². The van der Waals surface area contributed by atoms with Gasteiger partial charge < -0.3 is 15.1 Å². The summed E-state index contributed by atoms with van der Waals surface area (Å²) in [5.74, 6) is 0.996. The number of aryl methyl sites for hydroxylation is 1. The number of nitrogens with two attached hydrogens (primary N) is 1. The molecule has 0 bridgehead atoms. The molecule has 3 heterocycles. The molecule has 0 aliphatic carbocycles. The first-order valence-electron chi connectivity index (χ1n) is 12.5. The number of carbonyl (C=O) groups is 2. The molecule has 0 saturated carbocycles. The van der Waals surface area contributed by atoms with Crippen LogP contribution in [0.2, 0.25) is 5.02 Å². The number of hydrogen-bond acceptors (Lipinski definition) is 5. The van der Waals surface area contributed by atoms with Crippen LogP contribution >= 0.6 is 11.6 Å². The molecule has 2 N–H and O–H groups in total. The molecule has 5 rings (SSSR count). The van der Waals surface area contributed by atoms with Crippen LogP contribution < -0.4 is 5.73 Å². The number of nitrogens with zero attached hydrogens (tertiary/aromatic N) is 2. The first kappa shape index (κ1) is 25.7. The van der Waals surface area contributed by atoms with Gasteiger partial charge in [0.25, 0.3) is 5.91 Å². The maximum absolute atomic E-state index is 13.4. The van der Waals surface area contributed by atoms with Crippen molar-refractivity contribution in [1.82, 2.24) is 9.88 Å². The molecule has 1 aliphatic heterocycles. The number of amides is 1. The van der Waals surface area contributed by atoms with Crippen molar-refractivity contribution in [2.45, 2.75) is 31.9 Å². The molecular weight excluding hydrogens is 505 g/mol. The average molecular weight is 532 g/mol. The Morgan fingerprint density at radius 3 is 2.55 bits per heavy atom. The van der Waals surface area contributed by atoms with Crippen LogP contribution in [0.15, 0.2) is 71.3 Å². The topological polar surface area (TPSA) is 89.4 Å². The fourth-order valence-corrected chi connectivity index (χ4v) is 4.79. The molecule has 4 aromatic rings. The van der Waals surface area contributed by atoms with Gasteiger partial charge in [-0.25, -0.2) is 9.37 Å². The van der Waals surface area contributed by atoms with Gasteiger partial charge in [0.1, 0.15) is 17.7 Å². The summed E-state index contributed by atoms with van der Waals surface area (Å²) in [5, 5.41) is 1.31. The van der Waals surface area contributed by atoms with Gasteiger partial charge in [-0.05, 0) is 84.1 Å². The van der Waals surface area contributed by atoms with Crippen LogP contribution in [0.5, 0.6) is 0 Å². The van der Waals surface area contributed by atoms with Crippen LogP contribution in [-0.4, -0.2) is 40.8 Å². The number of alkyl halides is 1. The number of anilines is 1. The van der Waals surface area contributed by atoms with Crippen LogP contribution in [-0.2, 0) is 11.2 Å². The van der Waals surface area contributed by atoms with Crippen molar-refractivity contribution < 1.29 is 18.4 Å². The molecule has 38 heavy (non-hydrogen) atoms. The number of benzene rings is 2. The van der Waals surface area contributed by atoms with Gasteiger partial charge in [-0.15, -0.1) is 0 Å². The van der Waals surface area contributed by atoms with E-state index in [-0.39, 0.29) is 11.7 Å². The lowest BCUT2D eigenvalue weighted by Gasteiger charge is -2.28. The Balaban J connectivity index is 1.25. The minimum atomic E-state index is -0.819. The summed E-state index contributed by atoms with van der Waals surface area (Å²) in [7, 11) is 0. The van der Waals surface area contributed by atoms with E-state index in [0.717, 1.165) is 22.1 Å². The number of piperidine rings is 1. The number of carbonyl (C=O) groups excluding carboxylic acids is 2. The zero-order valence-corrected chi connectivity index (χ0v) is 21.5. The normalized spacial score (nSPS) is 14.4. The summed E-state index contributed by atoms with van der Waals surface area (Å²) < 4.78 is 19.3. The minimum Gasteiger partial charge on any atom is -0.459 e. The predicted molar refractivity (Wildman–Crippen MR) is 148 cm³/mol. The Morgan fingerprint density at radius 1 is 1.08 bits per heavy atom. The maximum atomic E-state index is 13.4. The third kappa shape index (κ3) is 5.94. The number of pyridine rings is 1. The summed E-state index contributed by atoms with van der Waals surface area (Å²) in [5.41, 5.74) is 9.34. The van der Waals surface area contributed by atoms with E-state index in [1.54, 1.807) is 41.4 Å². The molecule has 194 valence electrons. The molecule has 0 unspecified atom stereocenters. The standard InChI is InChI=1S/C30H27ClFN3O3/c31-27-17-22(20-3-5-21(6-4-20)30(37)35-13-11-24(32)12-14-35)15-23-16-26(38-29(23)27)9-8-25(36)7-1-19-2-10-28(33)34-18-19/h1-7,10,15-18,24H,8-9,11-14H2,(H2,33,34)/b7-1+. The lowest BCUT2D eigenvalue weighted by atomic mass is 10.0. The third-order valence-corrected chi connectivity index (χ3v) is 6.97. The largest absolute Gasteiger partial charge is 0.459 e. The maximum Gasteiger partial charge on any atom is 0.253 e. The molecule has 2 aromatic heterocycles. The highest BCUT2D eigenvalue weighted by Crippen LogP contribution is 2.33. The van der Waals surface area contributed by atoms with Crippen molar-refractivity contribution in [1.29, 1.82) is 0 Å². The highest BCUT2D eigenvalue weighted by molar-refractivity contribution is 6.35. The van der Waals surface area contributed by atoms with Crippen LogP contribution in [0.4, 0.5) is 10.2 Å². The quantitative estimate of drug-likeness (QED) is 0.274. The molecule has 2 aromatic carbocycles. The molecule has 8 heteroatoms. The second-order valence-corrected chi connectivity index (χ2v) is 9.86. The van der Waals surface area contributed by atoms with Crippen LogP contribution in [0.3, 0.4) is 0 Å². The Labute approximate surface area is 224 Å². The van der Waals surface area contributed by atoms with Gasteiger partial charge in [0.05, 0.1) is 5.02 Å². The zero-order valence-electron chi connectivity index (χ0n) is 20.7. The number of furan rings is 1. The van der Waals surface area contributed by atoms with Crippen molar-refractivity contribution in [3.05, 3.63) is 88.8 Å². The van der Waals surface area contributed by atoms with Gasteiger partial charge >= 0.3 is 0 Å². The second kappa shape index (κ2) is 11.2. The SMILES string of the molecule is Nc1ccc(/C=C/C(=O)CCc2cc3cc(-c4ccc(C(=O)N5CCC(F)CC5)cc4)cc(Cl)c3o2)cn1. The lowest BCUT2D eigenvalue weighted by Crippen LogP contribution is -2.39. The number of allylic oxidation sites excluding steroid dienone is 1. The number of rotatable bonds is 7. The van der Waals surface area contributed by atoms with Crippen LogP contribution in [0, 0.1) is 0 Å². The molecule has 0 spiro atoms. The molecule has 6 nitrogen and oxygen atoms in total. The van der Waals surface area contributed by atoms with E-state index in [9.17, 15) is 14.0 Å². The highest BCUT2D eigenvalue weighted by Gasteiger charge is 2.23. The fourth-order valence-electron chi connectivity index (χ4n) is 4.53. The first-order chi connectivity index (χ1) is 18.4. The zero-order chi connectivity index (χ0) is 26.6. The Morgan fingerprint density at radius 2 is 1.84 bits per heavy atom. The lowest BCUT2D eigenvalue weighted by molar-refractivity contribution is -0.114. The fraction of sp³-hybridized carbons (Fsp3) is 0.233. The van der Waals surface area contributed by atoms with Crippen LogP contribution in [0.25, 0.3) is 28.2 Å². The Kier molecular flexibility index (Phi) is 7.56. The number of halogens is 2. The third-order valence-electron chi connectivity index (χ3n) is 6.69. The number of likely N-dealkylation sites (tertiary alicyclic amines) is 1. The number of hydrogen-bond donors (Lipinski definition) is 1. The molecule has 0 atom stereocenters. The predicted octanol–water partition coefficient (Wildman–Crippen LogP) is 6.52. The highest BCUT2D eigenvalue weighted by atomic mass is 35.5. The van der Waals surface area contributed by atoms with Crippen molar-refractivity contribution >= 4 is 46.2 Å². The molecule has 1 fully saturated rings. The van der Waals surface area contributed by atoms with E-state index in [2.05, 4.69) is 4.98 Å². The number of fused-ring (bicyclic) bond motifs is 1. The van der Waals surface area contributed by atoms with Gasteiger partial charge in [-0.3, -0.25) is 9.59 Å². The van der Waals surface area contributed by atoms with Gasteiger partial charge in [-0.2, -0.15) is 0 Å². The minimum absolute atomic E-state index is 0.0298. The van der Waals surface area contributed by atoms with Gasteiger partial charge in [-0.1, -0.05) is 23.7 Å². The van der Waals surface area contributed by atoms with Crippen molar-refractivity contribution in [2.24, 2.45) is 0 Å². The number of ketones is 1. The van der Waals surface area contributed by atoms with E-state index in [4.69, 9.17) is 21.8 Å². The summed E-state index contributed by atoms with van der Waals surface area (Å²) >= 11 is 6.53. The molecule has 1 aliphatic rings.